The fraction of sp³-hybridized carbons (Fsp3) is 0.529. The molecule has 1 aromatic carbocycles. The number of rotatable bonds is 7. The van der Waals surface area contributed by atoms with Crippen molar-refractivity contribution in [3.05, 3.63) is 18.2 Å². The minimum atomic E-state index is -0.309. The third-order valence-electron chi connectivity index (χ3n) is 3.93. The van der Waals surface area contributed by atoms with Gasteiger partial charge >= 0.3 is 6.03 Å². The first kappa shape index (κ1) is 18.9. The quantitative estimate of drug-likeness (QED) is 0.769. The largest absolute Gasteiger partial charge is 0.493 e. The molecule has 138 valence electrons. The van der Waals surface area contributed by atoms with Crippen LogP contribution in [0, 0.1) is 0 Å². The zero-order valence-corrected chi connectivity index (χ0v) is 15.0. The van der Waals surface area contributed by atoms with E-state index in [9.17, 15) is 9.59 Å². The second kappa shape index (κ2) is 8.57. The van der Waals surface area contributed by atoms with E-state index in [4.69, 9.17) is 14.2 Å². The molecule has 0 radical (unpaired) electrons. The molecule has 2 rings (SSSR count). The van der Waals surface area contributed by atoms with Crippen LogP contribution in [0.1, 0.15) is 13.3 Å². The first-order valence-electron chi connectivity index (χ1n) is 8.06. The fourth-order valence-corrected chi connectivity index (χ4v) is 2.79. The molecule has 0 aliphatic carbocycles. The van der Waals surface area contributed by atoms with Crippen LogP contribution in [0.25, 0.3) is 0 Å². The smallest absolute Gasteiger partial charge is 0.315 e. The molecule has 2 N–H and O–H groups in total. The predicted octanol–water partition coefficient (Wildman–Crippen LogP) is 1.14. The second-order valence-corrected chi connectivity index (χ2v) is 5.92. The van der Waals surface area contributed by atoms with Gasteiger partial charge in [0.15, 0.2) is 11.5 Å². The minimum Gasteiger partial charge on any atom is -0.493 e. The molecule has 1 heterocycles. The van der Waals surface area contributed by atoms with Crippen LogP contribution in [0.5, 0.6) is 11.5 Å². The zero-order valence-electron chi connectivity index (χ0n) is 15.0. The highest BCUT2D eigenvalue weighted by atomic mass is 16.5. The van der Waals surface area contributed by atoms with Crippen molar-refractivity contribution in [1.29, 1.82) is 0 Å². The molecule has 0 saturated carbocycles. The Labute approximate surface area is 147 Å². The number of benzene rings is 1. The Hall–Kier alpha value is -2.48. The average Bonchev–Trinajstić information content (AvgIpc) is 2.94. The van der Waals surface area contributed by atoms with E-state index in [0.717, 1.165) is 0 Å². The molecule has 0 spiro atoms. The number of amides is 3. The molecule has 2 atom stereocenters. The number of nitrogens with zero attached hydrogens (tertiary/aromatic N) is 1. The average molecular weight is 351 g/mol. The lowest BCUT2D eigenvalue weighted by atomic mass is 10.2. The summed E-state index contributed by atoms with van der Waals surface area (Å²) in [6.07, 6.45) is 0.250. The van der Waals surface area contributed by atoms with Crippen LogP contribution in [0.15, 0.2) is 18.2 Å². The Balaban J connectivity index is 1.99. The van der Waals surface area contributed by atoms with E-state index in [-0.39, 0.29) is 30.4 Å². The van der Waals surface area contributed by atoms with Crippen LogP contribution in [0.3, 0.4) is 0 Å². The Morgan fingerprint density at radius 1 is 1.28 bits per heavy atom. The lowest BCUT2D eigenvalue weighted by Gasteiger charge is -2.19. The summed E-state index contributed by atoms with van der Waals surface area (Å²) >= 11 is 0. The van der Waals surface area contributed by atoms with Gasteiger partial charge in [0, 0.05) is 31.8 Å². The van der Waals surface area contributed by atoms with Crippen molar-refractivity contribution in [3.63, 3.8) is 0 Å². The van der Waals surface area contributed by atoms with E-state index < -0.39 is 0 Å². The minimum absolute atomic E-state index is 0.0533. The highest BCUT2D eigenvalue weighted by Crippen LogP contribution is 2.33. The molecular weight excluding hydrogens is 326 g/mol. The van der Waals surface area contributed by atoms with E-state index in [1.807, 2.05) is 6.92 Å². The van der Waals surface area contributed by atoms with Gasteiger partial charge in [0.1, 0.15) is 0 Å². The number of hydrogen-bond acceptors (Lipinski definition) is 5. The molecule has 3 amide bonds. The fourth-order valence-electron chi connectivity index (χ4n) is 2.79. The van der Waals surface area contributed by atoms with Crippen LogP contribution >= 0.6 is 0 Å². The van der Waals surface area contributed by atoms with Gasteiger partial charge in [-0.15, -0.1) is 0 Å². The molecule has 0 unspecified atom stereocenters. The summed E-state index contributed by atoms with van der Waals surface area (Å²) in [5, 5.41) is 5.59. The van der Waals surface area contributed by atoms with Crippen LogP contribution in [0.2, 0.25) is 0 Å². The maximum Gasteiger partial charge on any atom is 0.315 e. The van der Waals surface area contributed by atoms with Crippen molar-refractivity contribution < 1.29 is 23.8 Å². The molecule has 1 aromatic rings. The molecule has 25 heavy (non-hydrogen) atoms. The van der Waals surface area contributed by atoms with Crippen molar-refractivity contribution >= 4 is 17.6 Å². The number of anilines is 1. The lowest BCUT2D eigenvalue weighted by molar-refractivity contribution is -0.117. The number of carbonyl (C=O) groups is 2. The standard InChI is InChI=1S/C17H25N3O5/c1-11(10-23-2)18-17(22)19-12-7-16(21)20(9-12)13-5-6-14(24-3)15(8-13)25-4/h5-6,8,11-12H,7,9-10H2,1-4H3,(H2,18,19,22)/t11-,12-/m0/s1. The predicted molar refractivity (Wildman–Crippen MR) is 93.3 cm³/mol. The van der Waals surface area contributed by atoms with Gasteiger partial charge in [0.2, 0.25) is 5.91 Å². The molecule has 0 aromatic heterocycles. The summed E-state index contributed by atoms with van der Waals surface area (Å²) in [6, 6.07) is 4.62. The van der Waals surface area contributed by atoms with Crippen molar-refractivity contribution in [1.82, 2.24) is 10.6 Å². The van der Waals surface area contributed by atoms with Gasteiger partial charge in [-0.3, -0.25) is 4.79 Å². The molecule has 1 fully saturated rings. The molecule has 1 saturated heterocycles. The van der Waals surface area contributed by atoms with Gasteiger partial charge in [-0.2, -0.15) is 0 Å². The van der Waals surface area contributed by atoms with E-state index in [2.05, 4.69) is 10.6 Å². The first-order valence-corrected chi connectivity index (χ1v) is 8.06. The zero-order chi connectivity index (χ0) is 18.4. The number of carbonyl (C=O) groups excluding carboxylic acids is 2. The summed E-state index contributed by atoms with van der Waals surface area (Å²) < 4.78 is 15.5. The number of ether oxygens (including phenoxy) is 3. The van der Waals surface area contributed by atoms with E-state index in [1.54, 1.807) is 44.4 Å². The Morgan fingerprint density at radius 3 is 2.64 bits per heavy atom. The van der Waals surface area contributed by atoms with Crippen molar-refractivity contribution in [2.75, 3.05) is 39.4 Å². The third-order valence-corrected chi connectivity index (χ3v) is 3.93. The van der Waals surface area contributed by atoms with Crippen molar-refractivity contribution in [3.8, 4) is 11.5 Å². The van der Waals surface area contributed by atoms with Crippen LogP contribution in [0.4, 0.5) is 10.5 Å². The monoisotopic (exact) mass is 351 g/mol. The molecule has 0 bridgehead atoms. The summed E-state index contributed by atoms with van der Waals surface area (Å²) in [4.78, 5) is 25.9. The topological polar surface area (TPSA) is 89.1 Å². The highest BCUT2D eigenvalue weighted by molar-refractivity contribution is 5.97. The van der Waals surface area contributed by atoms with Crippen LogP contribution in [-0.2, 0) is 9.53 Å². The first-order chi connectivity index (χ1) is 12.0. The summed E-state index contributed by atoms with van der Waals surface area (Å²) in [5.74, 6) is 1.09. The van der Waals surface area contributed by atoms with Crippen molar-refractivity contribution in [2.45, 2.75) is 25.4 Å². The molecule has 1 aliphatic heterocycles. The Kier molecular flexibility index (Phi) is 6.46. The summed E-state index contributed by atoms with van der Waals surface area (Å²) in [6.45, 7) is 2.67. The molecule has 1 aliphatic rings. The van der Waals surface area contributed by atoms with Gasteiger partial charge in [-0.1, -0.05) is 0 Å². The summed E-state index contributed by atoms with van der Waals surface area (Å²) in [5.41, 5.74) is 0.708. The van der Waals surface area contributed by atoms with Crippen molar-refractivity contribution in [2.24, 2.45) is 0 Å². The number of urea groups is 1. The number of methoxy groups -OCH3 is 3. The molecular formula is C17H25N3O5. The highest BCUT2D eigenvalue weighted by Gasteiger charge is 2.32. The van der Waals surface area contributed by atoms with E-state index >= 15 is 0 Å². The van der Waals surface area contributed by atoms with Gasteiger partial charge in [-0.25, -0.2) is 4.79 Å². The summed E-state index contributed by atoms with van der Waals surface area (Å²) in [7, 11) is 4.68. The van der Waals surface area contributed by atoms with Crippen LogP contribution in [-0.4, -0.2) is 58.5 Å². The van der Waals surface area contributed by atoms with Gasteiger partial charge in [0.05, 0.1) is 32.9 Å². The number of nitrogens with one attached hydrogen (secondary N) is 2. The maximum absolute atomic E-state index is 12.3. The van der Waals surface area contributed by atoms with E-state index in [1.165, 1.54) is 0 Å². The Morgan fingerprint density at radius 2 is 2.00 bits per heavy atom. The van der Waals surface area contributed by atoms with Gasteiger partial charge in [-0.05, 0) is 19.1 Å². The third kappa shape index (κ3) is 4.76. The second-order valence-electron chi connectivity index (χ2n) is 5.92. The Bertz CT molecular complexity index is 622. The maximum atomic E-state index is 12.3. The SMILES string of the molecule is COC[C@H](C)NC(=O)N[C@H]1CC(=O)N(c2ccc(OC)c(OC)c2)C1. The lowest BCUT2D eigenvalue weighted by Crippen LogP contribution is -2.47. The van der Waals surface area contributed by atoms with Crippen LogP contribution < -0.4 is 25.0 Å². The van der Waals surface area contributed by atoms with E-state index in [0.29, 0.717) is 30.3 Å². The van der Waals surface area contributed by atoms with Gasteiger partial charge < -0.3 is 29.7 Å². The molecule has 8 heteroatoms. The number of hydrogen-bond donors (Lipinski definition) is 2. The molecule has 8 nitrogen and oxygen atoms in total. The van der Waals surface area contributed by atoms with Gasteiger partial charge in [0.25, 0.3) is 0 Å². The normalized spacial score (nSPS) is 18.0.